The summed E-state index contributed by atoms with van der Waals surface area (Å²) in [4.78, 5) is 11.5. The van der Waals surface area contributed by atoms with Crippen molar-refractivity contribution in [3.8, 4) is 22.9 Å². The van der Waals surface area contributed by atoms with Gasteiger partial charge in [0.15, 0.2) is 22.5 Å². The second-order valence-corrected chi connectivity index (χ2v) is 7.07. The molecule has 0 saturated carbocycles. The van der Waals surface area contributed by atoms with E-state index in [4.69, 9.17) is 13.9 Å². The van der Waals surface area contributed by atoms with Crippen molar-refractivity contribution >= 4 is 17.7 Å². The number of rotatable bonds is 5. The first-order valence-electron chi connectivity index (χ1n) is 8.75. The third-order valence-electron chi connectivity index (χ3n) is 4.23. The molecule has 0 unspecified atom stereocenters. The third kappa shape index (κ3) is 3.70. The minimum absolute atomic E-state index is 0.184. The average Bonchev–Trinajstić information content (AvgIpc) is 3.25. The number of hydrogen-bond acceptors (Lipinski definition) is 8. The van der Waals surface area contributed by atoms with Gasteiger partial charge in [0.1, 0.15) is 5.76 Å². The summed E-state index contributed by atoms with van der Waals surface area (Å²) in [6.45, 7) is 1.29. The molecular formula is C19H19N3O5S. The number of ether oxygens (including phenoxy) is 3. The highest BCUT2D eigenvalue weighted by Crippen LogP contribution is 2.34. The van der Waals surface area contributed by atoms with Gasteiger partial charge in [0, 0.05) is 19.0 Å². The molecule has 0 bridgehead atoms. The van der Waals surface area contributed by atoms with Gasteiger partial charge in [0.25, 0.3) is 0 Å². The molecule has 1 aliphatic heterocycles. The number of carbonyl (C=O) groups is 1. The van der Waals surface area contributed by atoms with E-state index >= 15 is 0 Å². The number of carbonyl (C=O) groups excluding carboxylic acids is 1. The second kappa shape index (κ2) is 7.97. The summed E-state index contributed by atoms with van der Waals surface area (Å²) in [7, 11) is 3.22. The zero-order chi connectivity index (χ0) is 19.5. The van der Waals surface area contributed by atoms with E-state index in [0.717, 1.165) is 34.5 Å². The van der Waals surface area contributed by atoms with Gasteiger partial charge >= 0.3 is 5.97 Å². The van der Waals surface area contributed by atoms with E-state index in [1.165, 1.54) is 18.9 Å². The Morgan fingerprint density at radius 2 is 2.00 bits per heavy atom. The molecule has 0 fully saturated rings. The van der Waals surface area contributed by atoms with Crippen LogP contribution < -0.4 is 9.47 Å². The Kier molecular flexibility index (Phi) is 5.25. The van der Waals surface area contributed by atoms with Crippen molar-refractivity contribution in [2.24, 2.45) is 7.05 Å². The van der Waals surface area contributed by atoms with Crippen LogP contribution in [0.25, 0.3) is 11.4 Å². The van der Waals surface area contributed by atoms with Crippen molar-refractivity contribution in [3.05, 3.63) is 41.9 Å². The van der Waals surface area contributed by atoms with Crippen LogP contribution in [0, 0.1) is 0 Å². The Hall–Kier alpha value is -2.94. The molecule has 146 valence electrons. The highest BCUT2D eigenvalue weighted by molar-refractivity contribution is 7.98. The smallest absolute Gasteiger partial charge is 0.373 e. The minimum Gasteiger partial charge on any atom is -0.490 e. The molecule has 0 spiro atoms. The second-order valence-electron chi connectivity index (χ2n) is 6.12. The zero-order valence-corrected chi connectivity index (χ0v) is 16.3. The molecule has 28 heavy (non-hydrogen) atoms. The molecule has 0 aliphatic carbocycles. The Labute approximate surface area is 165 Å². The fraction of sp³-hybridized carbons (Fsp3) is 0.316. The number of aromatic nitrogens is 3. The van der Waals surface area contributed by atoms with Crippen molar-refractivity contribution in [1.29, 1.82) is 0 Å². The van der Waals surface area contributed by atoms with Crippen LogP contribution in [0.2, 0.25) is 0 Å². The lowest BCUT2D eigenvalue weighted by atomic mass is 10.2. The normalized spacial score (nSPS) is 13.2. The van der Waals surface area contributed by atoms with Gasteiger partial charge in [-0.15, -0.1) is 10.2 Å². The molecule has 0 radical (unpaired) electrons. The van der Waals surface area contributed by atoms with Crippen LogP contribution in [0.1, 0.15) is 22.7 Å². The van der Waals surface area contributed by atoms with E-state index < -0.39 is 5.97 Å². The number of furan rings is 1. The predicted molar refractivity (Wildman–Crippen MR) is 102 cm³/mol. The molecule has 0 atom stereocenters. The summed E-state index contributed by atoms with van der Waals surface area (Å²) in [5.41, 5.74) is 0.900. The van der Waals surface area contributed by atoms with Crippen LogP contribution >= 0.6 is 11.8 Å². The number of esters is 1. The number of thioether (sulfide) groups is 1. The van der Waals surface area contributed by atoms with Crippen LogP contribution in [0.4, 0.5) is 0 Å². The summed E-state index contributed by atoms with van der Waals surface area (Å²) in [5.74, 6) is 3.06. The Morgan fingerprint density at radius 3 is 2.82 bits per heavy atom. The van der Waals surface area contributed by atoms with Crippen LogP contribution in [-0.2, 0) is 17.5 Å². The SMILES string of the molecule is COC(=O)c1ccc(CSc2nnc(-c3ccc4c(c3)OCCCO4)n2C)o1. The highest BCUT2D eigenvalue weighted by Gasteiger charge is 2.17. The molecule has 3 aromatic rings. The van der Waals surface area contributed by atoms with Crippen molar-refractivity contribution in [2.45, 2.75) is 17.3 Å². The average molecular weight is 401 g/mol. The number of benzene rings is 1. The quantitative estimate of drug-likeness (QED) is 0.475. The largest absolute Gasteiger partial charge is 0.490 e. The lowest BCUT2D eigenvalue weighted by molar-refractivity contribution is 0.0563. The molecule has 1 aromatic carbocycles. The lowest BCUT2D eigenvalue weighted by Crippen LogP contribution is -1.98. The van der Waals surface area contributed by atoms with Crippen LogP contribution in [-0.4, -0.2) is 41.1 Å². The molecule has 0 amide bonds. The molecule has 4 rings (SSSR count). The summed E-state index contributed by atoms with van der Waals surface area (Å²) in [6.07, 6.45) is 0.860. The maximum absolute atomic E-state index is 11.5. The summed E-state index contributed by atoms with van der Waals surface area (Å²) < 4.78 is 23.5. The van der Waals surface area contributed by atoms with Gasteiger partial charge in [-0.05, 0) is 30.3 Å². The van der Waals surface area contributed by atoms with Crippen molar-refractivity contribution < 1.29 is 23.4 Å². The van der Waals surface area contributed by atoms with Crippen LogP contribution in [0.5, 0.6) is 11.5 Å². The van der Waals surface area contributed by atoms with Gasteiger partial charge < -0.3 is 23.2 Å². The summed E-state index contributed by atoms with van der Waals surface area (Å²) in [6, 6.07) is 9.12. The Bertz CT molecular complexity index is 997. The van der Waals surface area contributed by atoms with E-state index in [9.17, 15) is 4.79 Å². The van der Waals surface area contributed by atoms with Gasteiger partial charge in [-0.2, -0.15) is 0 Å². The summed E-state index contributed by atoms with van der Waals surface area (Å²) >= 11 is 1.47. The third-order valence-corrected chi connectivity index (χ3v) is 5.27. The van der Waals surface area contributed by atoms with E-state index in [2.05, 4.69) is 14.9 Å². The first-order valence-corrected chi connectivity index (χ1v) is 9.73. The Balaban J connectivity index is 1.49. The van der Waals surface area contributed by atoms with Crippen molar-refractivity contribution in [1.82, 2.24) is 14.8 Å². The maximum atomic E-state index is 11.5. The number of fused-ring (bicyclic) bond motifs is 1. The Morgan fingerprint density at radius 1 is 1.18 bits per heavy atom. The first kappa shape index (κ1) is 18.4. The molecule has 9 heteroatoms. The highest BCUT2D eigenvalue weighted by atomic mass is 32.2. The van der Waals surface area contributed by atoms with Gasteiger partial charge in [0.2, 0.25) is 5.76 Å². The van der Waals surface area contributed by atoms with E-state index in [1.54, 1.807) is 12.1 Å². The molecule has 8 nitrogen and oxygen atoms in total. The van der Waals surface area contributed by atoms with E-state index in [1.807, 2.05) is 29.8 Å². The number of nitrogens with zero attached hydrogens (tertiary/aromatic N) is 3. The molecule has 1 aliphatic rings. The molecular weight excluding hydrogens is 382 g/mol. The molecule has 0 N–H and O–H groups in total. The van der Waals surface area contributed by atoms with E-state index in [0.29, 0.717) is 24.7 Å². The van der Waals surface area contributed by atoms with Gasteiger partial charge in [0.05, 0.1) is 26.1 Å². The monoisotopic (exact) mass is 401 g/mol. The fourth-order valence-corrected chi connectivity index (χ4v) is 3.60. The zero-order valence-electron chi connectivity index (χ0n) is 15.5. The van der Waals surface area contributed by atoms with Gasteiger partial charge in [-0.25, -0.2) is 4.79 Å². The number of hydrogen-bond donors (Lipinski definition) is 0. The first-order chi connectivity index (χ1) is 13.7. The van der Waals surface area contributed by atoms with Crippen LogP contribution in [0.3, 0.4) is 0 Å². The predicted octanol–water partition coefficient (Wildman–Crippen LogP) is 3.32. The van der Waals surface area contributed by atoms with Crippen LogP contribution in [0.15, 0.2) is 39.9 Å². The standard InChI is InChI=1S/C19H19N3O5S/c1-22-17(12-4-6-14-16(10-12)26-9-3-8-25-14)20-21-19(22)28-11-13-5-7-15(27-13)18(23)24-2/h4-7,10H,3,8-9,11H2,1-2H3. The van der Waals surface area contributed by atoms with Crippen molar-refractivity contribution in [3.63, 3.8) is 0 Å². The maximum Gasteiger partial charge on any atom is 0.373 e. The van der Waals surface area contributed by atoms with Gasteiger partial charge in [-0.3, -0.25) is 0 Å². The summed E-state index contributed by atoms with van der Waals surface area (Å²) in [5, 5.41) is 9.31. The topological polar surface area (TPSA) is 88.6 Å². The van der Waals surface area contributed by atoms with Gasteiger partial charge in [-0.1, -0.05) is 11.8 Å². The fourth-order valence-electron chi connectivity index (χ4n) is 2.80. The molecule has 2 aromatic heterocycles. The lowest BCUT2D eigenvalue weighted by Gasteiger charge is -2.09. The minimum atomic E-state index is -0.494. The van der Waals surface area contributed by atoms with Crippen molar-refractivity contribution in [2.75, 3.05) is 20.3 Å². The number of methoxy groups -OCH3 is 1. The van der Waals surface area contributed by atoms with E-state index in [-0.39, 0.29) is 5.76 Å². The molecule has 3 heterocycles. The molecule has 0 saturated heterocycles.